The van der Waals surface area contributed by atoms with E-state index in [9.17, 15) is 14.0 Å². The number of anilines is 2. The molecule has 0 aliphatic heterocycles. The second kappa shape index (κ2) is 8.06. The summed E-state index contributed by atoms with van der Waals surface area (Å²) >= 11 is 3.40. The van der Waals surface area contributed by atoms with E-state index in [4.69, 9.17) is 0 Å². The molecular formula is C18H18BrFN2O2. The zero-order valence-corrected chi connectivity index (χ0v) is 15.1. The molecule has 0 bridgehead atoms. The molecule has 2 amide bonds. The zero-order chi connectivity index (χ0) is 17.7. The van der Waals surface area contributed by atoms with Gasteiger partial charge < -0.3 is 10.2 Å². The van der Waals surface area contributed by atoms with Gasteiger partial charge in [0.25, 0.3) is 0 Å². The van der Waals surface area contributed by atoms with Crippen molar-refractivity contribution in [2.75, 3.05) is 16.8 Å². The van der Waals surface area contributed by atoms with E-state index in [0.717, 1.165) is 10.0 Å². The summed E-state index contributed by atoms with van der Waals surface area (Å²) in [4.78, 5) is 25.2. The summed E-state index contributed by atoms with van der Waals surface area (Å²) < 4.78 is 14.6. The van der Waals surface area contributed by atoms with Crippen molar-refractivity contribution in [2.24, 2.45) is 0 Å². The molecule has 2 rings (SSSR count). The van der Waals surface area contributed by atoms with E-state index >= 15 is 0 Å². The molecule has 0 radical (unpaired) electrons. The Morgan fingerprint density at radius 3 is 2.54 bits per heavy atom. The van der Waals surface area contributed by atoms with E-state index < -0.39 is 5.82 Å². The summed E-state index contributed by atoms with van der Waals surface area (Å²) in [7, 11) is 0. The van der Waals surface area contributed by atoms with E-state index in [-0.39, 0.29) is 30.5 Å². The van der Waals surface area contributed by atoms with Crippen molar-refractivity contribution in [1.29, 1.82) is 0 Å². The first-order valence-electron chi connectivity index (χ1n) is 7.47. The predicted molar refractivity (Wildman–Crippen MR) is 96.6 cm³/mol. The van der Waals surface area contributed by atoms with Crippen LogP contribution in [0.25, 0.3) is 0 Å². The molecule has 4 nitrogen and oxygen atoms in total. The second-order valence-electron chi connectivity index (χ2n) is 5.40. The highest BCUT2D eigenvalue weighted by molar-refractivity contribution is 9.10. The van der Waals surface area contributed by atoms with E-state index in [0.29, 0.717) is 5.69 Å². The highest BCUT2D eigenvalue weighted by Crippen LogP contribution is 2.24. The molecule has 0 heterocycles. The summed E-state index contributed by atoms with van der Waals surface area (Å²) in [5, 5.41) is 2.78. The van der Waals surface area contributed by atoms with E-state index in [1.807, 2.05) is 19.1 Å². The lowest BCUT2D eigenvalue weighted by Gasteiger charge is -2.21. The summed E-state index contributed by atoms with van der Waals surface area (Å²) in [6.07, 6.45) is 0.0637. The number of benzene rings is 2. The Morgan fingerprint density at radius 2 is 1.92 bits per heavy atom. The first-order valence-corrected chi connectivity index (χ1v) is 8.26. The Kier molecular flexibility index (Phi) is 6.09. The van der Waals surface area contributed by atoms with Gasteiger partial charge in [-0.2, -0.15) is 0 Å². The third-order valence-corrected chi connectivity index (χ3v) is 4.14. The fraction of sp³-hybridized carbons (Fsp3) is 0.222. The number of amides is 2. The number of halogens is 2. The minimum atomic E-state index is -0.491. The fourth-order valence-corrected chi connectivity index (χ4v) is 2.86. The Balaban J connectivity index is 2.03. The van der Waals surface area contributed by atoms with Crippen molar-refractivity contribution in [3.8, 4) is 0 Å². The number of nitrogens with one attached hydrogen (secondary N) is 1. The highest BCUT2D eigenvalue weighted by atomic mass is 79.9. The Labute approximate surface area is 148 Å². The lowest BCUT2D eigenvalue weighted by molar-refractivity contribution is -0.117. The maximum absolute atomic E-state index is 13.9. The number of para-hydroxylation sites is 1. The van der Waals surface area contributed by atoms with Gasteiger partial charge in [0.15, 0.2) is 0 Å². The van der Waals surface area contributed by atoms with Crippen LogP contribution >= 0.6 is 15.9 Å². The number of carbonyl (C=O) groups is 2. The van der Waals surface area contributed by atoms with Crippen LogP contribution in [0.2, 0.25) is 0 Å². The van der Waals surface area contributed by atoms with Gasteiger partial charge in [0.05, 0.1) is 11.4 Å². The molecule has 0 unspecified atom stereocenters. The van der Waals surface area contributed by atoms with Crippen molar-refractivity contribution in [3.63, 3.8) is 0 Å². The summed E-state index contributed by atoms with van der Waals surface area (Å²) in [6.45, 7) is 3.40. The molecule has 1 N–H and O–H groups in total. The van der Waals surface area contributed by atoms with Gasteiger partial charge in [-0.05, 0) is 52.7 Å². The molecule has 0 saturated heterocycles. The molecule has 0 aliphatic rings. The zero-order valence-electron chi connectivity index (χ0n) is 13.5. The van der Waals surface area contributed by atoms with Crippen LogP contribution in [-0.2, 0) is 9.59 Å². The first kappa shape index (κ1) is 18.1. The van der Waals surface area contributed by atoms with Gasteiger partial charge in [-0.3, -0.25) is 9.59 Å². The maximum atomic E-state index is 13.9. The molecule has 126 valence electrons. The normalized spacial score (nSPS) is 10.3. The molecule has 2 aromatic rings. The number of carbonyl (C=O) groups excluding carboxylic acids is 2. The Bertz CT molecular complexity index is 764. The molecule has 6 heteroatoms. The van der Waals surface area contributed by atoms with Gasteiger partial charge in [0.2, 0.25) is 11.8 Å². The largest absolute Gasteiger partial charge is 0.325 e. The molecule has 0 aromatic heterocycles. The van der Waals surface area contributed by atoms with Crippen LogP contribution in [0.3, 0.4) is 0 Å². The van der Waals surface area contributed by atoms with Gasteiger partial charge in [0, 0.05) is 24.4 Å². The predicted octanol–water partition coefficient (Wildman–Crippen LogP) is 4.28. The number of rotatable bonds is 5. The van der Waals surface area contributed by atoms with E-state index in [2.05, 4.69) is 21.2 Å². The standard InChI is InChI=1S/C18H18BrFN2O2/c1-12-7-8-16(14(19)11-12)21-18(24)9-10-22(13(2)23)17-6-4-3-5-15(17)20/h3-8,11H,9-10H2,1-2H3,(H,21,24). The fourth-order valence-electron chi connectivity index (χ4n) is 2.27. The van der Waals surface area contributed by atoms with Crippen LogP contribution < -0.4 is 10.2 Å². The van der Waals surface area contributed by atoms with Crippen LogP contribution in [-0.4, -0.2) is 18.4 Å². The smallest absolute Gasteiger partial charge is 0.226 e. The quantitative estimate of drug-likeness (QED) is 0.825. The van der Waals surface area contributed by atoms with Gasteiger partial charge in [0.1, 0.15) is 5.82 Å². The van der Waals surface area contributed by atoms with Gasteiger partial charge >= 0.3 is 0 Å². The minimum absolute atomic E-state index is 0.0637. The van der Waals surface area contributed by atoms with Crippen LogP contribution in [0.4, 0.5) is 15.8 Å². The molecule has 0 atom stereocenters. The summed E-state index contributed by atoms with van der Waals surface area (Å²) in [5.41, 5.74) is 1.90. The van der Waals surface area contributed by atoms with Gasteiger partial charge in [-0.25, -0.2) is 4.39 Å². The van der Waals surface area contributed by atoms with Crippen LogP contribution in [0.1, 0.15) is 18.9 Å². The van der Waals surface area contributed by atoms with Crippen LogP contribution in [0.15, 0.2) is 46.9 Å². The third-order valence-electron chi connectivity index (χ3n) is 3.48. The Morgan fingerprint density at radius 1 is 1.21 bits per heavy atom. The SMILES string of the molecule is CC(=O)N(CCC(=O)Nc1ccc(C)cc1Br)c1ccccc1F. The monoisotopic (exact) mass is 392 g/mol. The molecule has 0 spiro atoms. The lowest BCUT2D eigenvalue weighted by atomic mass is 10.2. The molecule has 0 fully saturated rings. The first-order chi connectivity index (χ1) is 11.4. The van der Waals surface area contributed by atoms with Gasteiger partial charge in [-0.15, -0.1) is 0 Å². The average molecular weight is 393 g/mol. The number of hydrogen-bond acceptors (Lipinski definition) is 2. The minimum Gasteiger partial charge on any atom is -0.325 e. The topological polar surface area (TPSA) is 49.4 Å². The third kappa shape index (κ3) is 4.64. The van der Waals surface area contributed by atoms with Crippen LogP contribution in [0.5, 0.6) is 0 Å². The van der Waals surface area contributed by atoms with E-state index in [1.165, 1.54) is 24.0 Å². The molecule has 0 saturated carbocycles. The molecule has 2 aromatic carbocycles. The van der Waals surface area contributed by atoms with Crippen molar-refractivity contribution < 1.29 is 14.0 Å². The average Bonchev–Trinajstić information content (AvgIpc) is 2.51. The summed E-state index contributed by atoms with van der Waals surface area (Å²) in [6, 6.07) is 11.6. The van der Waals surface area contributed by atoms with Crippen molar-refractivity contribution in [1.82, 2.24) is 0 Å². The van der Waals surface area contributed by atoms with Crippen molar-refractivity contribution in [2.45, 2.75) is 20.3 Å². The van der Waals surface area contributed by atoms with E-state index in [1.54, 1.807) is 18.2 Å². The van der Waals surface area contributed by atoms with Crippen molar-refractivity contribution in [3.05, 3.63) is 58.3 Å². The molecular weight excluding hydrogens is 375 g/mol. The second-order valence-corrected chi connectivity index (χ2v) is 6.26. The van der Waals surface area contributed by atoms with Gasteiger partial charge in [-0.1, -0.05) is 18.2 Å². The van der Waals surface area contributed by atoms with Crippen LogP contribution in [0, 0.1) is 12.7 Å². The van der Waals surface area contributed by atoms with Crippen molar-refractivity contribution >= 4 is 39.1 Å². The number of aryl methyl sites for hydroxylation is 1. The number of nitrogens with zero attached hydrogens (tertiary/aromatic N) is 1. The summed E-state index contributed by atoms with van der Waals surface area (Å²) in [5.74, 6) is -1.05. The Hall–Kier alpha value is -2.21. The molecule has 0 aliphatic carbocycles. The highest BCUT2D eigenvalue weighted by Gasteiger charge is 2.17. The maximum Gasteiger partial charge on any atom is 0.226 e. The number of hydrogen-bond donors (Lipinski definition) is 1. The lowest BCUT2D eigenvalue weighted by Crippen LogP contribution is -2.32. The molecule has 24 heavy (non-hydrogen) atoms.